The number of hydrogen-bond acceptors (Lipinski definition) is 6. The Morgan fingerprint density at radius 3 is 2.06 bits per heavy atom. The van der Waals surface area contributed by atoms with Crippen LogP contribution in [0.2, 0.25) is 0 Å². The first-order valence-electron chi connectivity index (χ1n) is 6.58. The molecular formula is C12H27NO5. The van der Waals surface area contributed by atoms with Gasteiger partial charge in [0.1, 0.15) is 18.3 Å². The first-order valence-corrected chi connectivity index (χ1v) is 6.58. The van der Waals surface area contributed by atoms with Gasteiger partial charge in [0, 0.05) is 6.54 Å². The molecule has 0 aromatic heterocycles. The third-order valence-electron chi connectivity index (χ3n) is 2.89. The normalized spacial score (nSPS) is 18.3. The zero-order valence-corrected chi connectivity index (χ0v) is 11.0. The van der Waals surface area contributed by atoms with Crippen LogP contribution < -0.4 is 5.32 Å². The maximum atomic E-state index is 9.57. The van der Waals surface area contributed by atoms with Crippen LogP contribution in [0.3, 0.4) is 0 Å². The monoisotopic (exact) mass is 265 g/mol. The van der Waals surface area contributed by atoms with Gasteiger partial charge in [0.25, 0.3) is 0 Å². The topological polar surface area (TPSA) is 113 Å². The largest absolute Gasteiger partial charge is 0.394 e. The molecule has 0 saturated carbocycles. The second kappa shape index (κ2) is 10.7. The van der Waals surface area contributed by atoms with Crippen LogP contribution in [0.15, 0.2) is 0 Å². The average Bonchev–Trinajstić information content (AvgIpc) is 2.39. The highest BCUT2D eigenvalue weighted by atomic mass is 16.4. The van der Waals surface area contributed by atoms with Gasteiger partial charge >= 0.3 is 0 Å². The molecule has 0 aliphatic heterocycles. The summed E-state index contributed by atoms with van der Waals surface area (Å²) in [5.41, 5.74) is 0. The van der Waals surface area contributed by atoms with Gasteiger partial charge in [0.15, 0.2) is 0 Å². The second-order valence-electron chi connectivity index (χ2n) is 4.56. The summed E-state index contributed by atoms with van der Waals surface area (Å²) in [7, 11) is 0. The van der Waals surface area contributed by atoms with E-state index in [1.54, 1.807) is 0 Å². The summed E-state index contributed by atoms with van der Waals surface area (Å²) in [6, 6.07) is 0. The zero-order chi connectivity index (χ0) is 14.0. The maximum Gasteiger partial charge on any atom is 0.111 e. The van der Waals surface area contributed by atoms with Crippen LogP contribution in [0.25, 0.3) is 0 Å². The van der Waals surface area contributed by atoms with Crippen LogP contribution in [0.1, 0.15) is 32.6 Å². The molecule has 6 N–H and O–H groups in total. The van der Waals surface area contributed by atoms with E-state index in [-0.39, 0.29) is 6.54 Å². The number of unbranched alkanes of at least 4 members (excludes halogenated alkanes) is 3. The van der Waals surface area contributed by atoms with Gasteiger partial charge in [-0.3, -0.25) is 0 Å². The van der Waals surface area contributed by atoms with E-state index >= 15 is 0 Å². The predicted molar refractivity (Wildman–Crippen MR) is 68.1 cm³/mol. The second-order valence-corrected chi connectivity index (χ2v) is 4.56. The van der Waals surface area contributed by atoms with E-state index in [0.717, 1.165) is 25.8 Å². The summed E-state index contributed by atoms with van der Waals surface area (Å²) >= 11 is 0. The van der Waals surface area contributed by atoms with Crippen molar-refractivity contribution in [3.05, 3.63) is 0 Å². The molecule has 18 heavy (non-hydrogen) atoms. The molecule has 4 atom stereocenters. The molecule has 0 aromatic carbocycles. The van der Waals surface area contributed by atoms with Crippen molar-refractivity contribution in [3.8, 4) is 0 Å². The summed E-state index contributed by atoms with van der Waals surface area (Å²) in [4.78, 5) is 0. The summed E-state index contributed by atoms with van der Waals surface area (Å²) in [5.74, 6) is 0. The van der Waals surface area contributed by atoms with E-state index in [4.69, 9.17) is 10.2 Å². The van der Waals surface area contributed by atoms with Crippen LogP contribution >= 0.6 is 0 Å². The van der Waals surface area contributed by atoms with Crippen molar-refractivity contribution >= 4 is 0 Å². The fraction of sp³-hybridized carbons (Fsp3) is 1.00. The number of aliphatic hydroxyl groups is 5. The molecule has 0 radical (unpaired) electrons. The summed E-state index contributed by atoms with van der Waals surface area (Å²) < 4.78 is 0. The third-order valence-corrected chi connectivity index (χ3v) is 2.89. The minimum absolute atomic E-state index is 0.141. The quantitative estimate of drug-likeness (QED) is 0.256. The Balaban J connectivity index is 3.70. The van der Waals surface area contributed by atoms with Crippen LogP contribution in [0.5, 0.6) is 0 Å². The molecule has 0 spiro atoms. The molecule has 0 aromatic rings. The van der Waals surface area contributed by atoms with Gasteiger partial charge in [-0.1, -0.05) is 26.2 Å². The zero-order valence-electron chi connectivity index (χ0n) is 11.0. The molecule has 0 fully saturated rings. The minimum atomic E-state index is -1.55. The van der Waals surface area contributed by atoms with Gasteiger partial charge in [-0.2, -0.15) is 0 Å². The third kappa shape index (κ3) is 7.25. The van der Waals surface area contributed by atoms with Gasteiger partial charge in [0.2, 0.25) is 0 Å². The molecule has 0 aliphatic carbocycles. The van der Waals surface area contributed by atoms with Crippen molar-refractivity contribution in [2.45, 2.75) is 57.0 Å². The number of hydrogen-bond donors (Lipinski definition) is 6. The van der Waals surface area contributed by atoms with Crippen LogP contribution in [0.4, 0.5) is 0 Å². The molecule has 0 aliphatic rings. The SMILES string of the molecule is CCCCCCNC[C@@H](O)[C@H](O)[C@@H](O)[C@@H](O)CO. The fourth-order valence-corrected chi connectivity index (χ4v) is 1.61. The van der Waals surface area contributed by atoms with E-state index in [2.05, 4.69) is 12.2 Å². The Hall–Kier alpha value is -0.240. The predicted octanol–water partition coefficient (Wildman–Crippen LogP) is -1.41. The lowest BCUT2D eigenvalue weighted by Gasteiger charge is -2.25. The van der Waals surface area contributed by atoms with E-state index in [1.165, 1.54) is 6.42 Å². The standard InChI is InChI=1S/C12H27NO5/c1-2-3-4-5-6-13-7-9(15)11(17)12(18)10(16)8-14/h9-18H,2-8H2,1H3/t9-,10+,11+,12+/m1/s1. The molecular weight excluding hydrogens is 238 g/mol. The van der Waals surface area contributed by atoms with Crippen molar-refractivity contribution in [1.82, 2.24) is 5.32 Å². The van der Waals surface area contributed by atoms with E-state index in [9.17, 15) is 15.3 Å². The number of aliphatic hydroxyl groups excluding tert-OH is 5. The van der Waals surface area contributed by atoms with Crippen molar-refractivity contribution in [3.63, 3.8) is 0 Å². The van der Waals surface area contributed by atoms with Crippen molar-refractivity contribution in [2.75, 3.05) is 19.7 Å². The molecule has 0 saturated heterocycles. The van der Waals surface area contributed by atoms with Crippen LogP contribution in [0, 0.1) is 0 Å². The summed E-state index contributed by atoms with van der Waals surface area (Å²) in [5, 5.41) is 49.2. The highest BCUT2D eigenvalue weighted by Crippen LogP contribution is 2.04. The Morgan fingerprint density at radius 1 is 0.889 bits per heavy atom. The first-order chi connectivity index (χ1) is 8.54. The maximum absolute atomic E-state index is 9.57. The lowest BCUT2D eigenvalue weighted by atomic mass is 10.0. The lowest BCUT2D eigenvalue weighted by Crippen LogP contribution is -2.49. The summed E-state index contributed by atoms with van der Waals surface area (Å²) in [6.07, 6.45) is -1.19. The molecule has 6 heteroatoms. The van der Waals surface area contributed by atoms with Crippen molar-refractivity contribution in [2.24, 2.45) is 0 Å². The smallest absolute Gasteiger partial charge is 0.111 e. The van der Waals surface area contributed by atoms with Gasteiger partial charge in [-0.25, -0.2) is 0 Å². The Morgan fingerprint density at radius 2 is 1.50 bits per heavy atom. The Kier molecular flexibility index (Phi) is 10.5. The van der Waals surface area contributed by atoms with Crippen LogP contribution in [-0.4, -0.2) is 69.6 Å². The van der Waals surface area contributed by atoms with E-state index in [1.807, 2.05) is 0 Å². The Bertz CT molecular complexity index is 193. The molecule has 0 heterocycles. The van der Waals surface area contributed by atoms with Gasteiger partial charge < -0.3 is 30.8 Å². The van der Waals surface area contributed by atoms with Gasteiger partial charge in [-0.05, 0) is 13.0 Å². The van der Waals surface area contributed by atoms with Gasteiger partial charge in [0.05, 0.1) is 12.7 Å². The molecule has 0 amide bonds. The van der Waals surface area contributed by atoms with Crippen molar-refractivity contribution in [1.29, 1.82) is 0 Å². The van der Waals surface area contributed by atoms with Gasteiger partial charge in [-0.15, -0.1) is 0 Å². The first kappa shape index (κ1) is 17.8. The minimum Gasteiger partial charge on any atom is -0.394 e. The summed E-state index contributed by atoms with van der Waals surface area (Å²) in [6.45, 7) is 2.35. The molecule has 0 unspecified atom stereocenters. The molecule has 110 valence electrons. The molecule has 0 rings (SSSR count). The highest BCUT2D eigenvalue weighted by Gasteiger charge is 2.29. The molecule has 6 nitrogen and oxygen atoms in total. The van der Waals surface area contributed by atoms with Crippen LogP contribution in [-0.2, 0) is 0 Å². The van der Waals surface area contributed by atoms with Crippen molar-refractivity contribution < 1.29 is 25.5 Å². The fourth-order valence-electron chi connectivity index (χ4n) is 1.61. The lowest BCUT2D eigenvalue weighted by molar-refractivity contribution is -0.113. The highest BCUT2D eigenvalue weighted by molar-refractivity contribution is 4.81. The Labute approximate surface area is 108 Å². The van der Waals surface area contributed by atoms with E-state index < -0.39 is 31.0 Å². The molecule has 0 bridgehead atoms. The average molecular weight is 265 g/mol. The van der Waals surface area contributed by atoms with E-state index in [0.29, 0.717) is 0 Å². The number of rotatable bonds is 11. The number of nitrogens with one attached hydrogen (secondary N) is 1.